The Hall–Kier alpha value is -2.07. The number of phenols is 2. The molecule has 0 unspecified atom stereocenters. The summed E-state index contributed by atoms with van der Waals surface area (Å²) in [5.74, 6) is 0.503. The van der Waals surface area contributed by atoms with Crippen LogP contribution >= 0.6 is 15.9 Å². The standard InChI is InChI=1S/C16H10BrNO2/c17-15-12-7-10(20)2-4-14(12)18-16-11-3-1-9(19)5-8(11)6-13(15)16/h1-5,7,19-20H,6H2. The van der Waals surface area contributed by atoms with Gasteiger partial charge in [0.2, 0.25) is 0 Å². The molecular formula is C16H10BrNO2. The molecule has 1 aliphatic carbocycles. The van der Waals surface area contributed by atoms with Crippen LogP contribution in [-0.2, 0) is 6.42 Å². The maximum atomic E-state index is 9.63. The van der Waals surface area contributed by atoms with Crippen molar-refractivity contribution >= 4 is 26.8 Å². The summed E-state index contributed by atoms with van der Waals surface area (Å²) in [5.41, 5.74) is 5.03. The lowest BCUT2D eigenvalue weighted by Gasteiger charge is -2.07. The average Bonchev–Trinajstić information content (AvgIpc) is 2.78. The van der Waals surface area contributed by atoms with Gasteiger partial charge in [-0.15, -0.1) is 0 Å². The monoisotopic (exact) mass is 327 g/mol. The molecule has 1 aromatic heterocycles. The molecule has 4 heteroatoms. The quantitative estimate of drug-likeness (QED) is 0.513. The van der Waals surface area contributed by atoms with E-state index in [-0.39, 0.29) is 11.5 Å². The maximum absolute atomic E-state index is 9.63. The number of phenolic OH excluding ortho intramolecular Hbond substituents is 2. The molecule has 2 aromatic carbocycles. The summed E-state index contributed by atoms with van der Waals surface area (Å²) < 4.78 is 0.962. The summed E-state index contributed by atoms with van der Waals surface area (Å²) in [6, 6.07) is 10.5. The zero-order chi connectivity index (χ0) is 13.9. The van der Waals surface area contributed by atoms with Crippen LogP contribution in [0.15, 0.2) is 40.9 Å². The van der Waals surface area contributed by atoms with Crippen molar-refractivity contribution in [3.63, 3.8) is 0 Å². The predicted octanol–water partition coefficient (Wildman–Crippen LogP) is 3.98. The second-order valence-electron chi connectivity index (χ2n) is 4.97. The lowest BCUT2D eigenvalue weighted by molar-refractivity contribution is 0.474. The van der Waals surface area contributed by atoms with E-state index >= 15 is 0 Å². The fourth-order valence-corrected chi connectivity index (χ4v) is 3.43. The SMILES string of the molecule is Oc1ccc2c(c1)Cc1c-2nc2ccc(O)cc2c1Br. The van der Waals surface area contributed by atoms with Crippen molar-refractivity contribution in [1.82, 2.24) is 4.98 Å². The van der Waals surface area contributed by atoms with Gasteiger partial charge in [-0.25, -0.2) is 4.98 Å². The van der Waals surface area contributed by atoms with Crippen molar-refractivity contribution in [1.29, 1.82) is 0 Å². The van der Waals surface area contributed by atoms with E-state index < -0.39 is 0 Å². The molecule has 2 N–H and O–H groups in total. The van der Waals surface area contributed by atoms with Crippen LogP contribution in [-0.4, -0.2) is 15.2 Å². The summed E-state index contributed by atoms with van der Waals surface area (Å²) >= 11 is 3.63. The molecule has 3 aromatic rings. The number of hydrogen-bond donors (Lipinski definition) is 2. The molecule has 0 aliphatic heterocycles. The zero-order valence-corrected chi connectivity index (χ0v) is 12.0. The van der Waals surface area contributed by atoms with Gasteiger partial charge in [0, 0.05) is 21.8 Å². The number of hydrogen-bond acceptors (Lipinski definition) is 3. The first-order valence-corrected chi connectivity index (χ1v) is 7.06. The van der Waals surface area contributed by atoms with Crippen molar-refractivity contribution in [3.05, 3.63) is 52.0 Å². The third kappa shape index (κ3) is 1.55. The fraction of sp³-hybridized carbons (Fsp3) is 0.0625. The number of halogens is 1. The number of aromatic hydroxyl groups is 2. The van der Waals surface area contributed by atoms with Crippen molar-refractivity contribution in [2.75, 3.05) is 0 Å². The molecule has 0 spiro atoms. The Balaban J connectivity index is 2.07. The molecule has 0 bridgehead atoms. The zero-order valence-electron chi connectivity index (χ0n) is 10.4. The number of pyridine rings is 1. The van der Waals surface area contributed by atoms with E-state index in [1.54, 1.807) is 24.3 Å². The van der Waals surface area contributed by atoms with Crippen LogP contribution in [0.5, 0.6) is 11.5 Å². The van der Waals surface area contributed by atoms with Gasteiger partial charge in [0.1, 0.15) is 11.5 Å². The molecule has 0 amide bonds. The second kappa shape index (κ2) is 3.96. The van der Waals surface area contributed by atoms with E-state index in [2.05, 4.69) is 15.9 Å². The molecule has 3 nitrogen and oxygen atoms in total. The smallest absolute Gasteiger partial charge is 0.116 e. The number of benzene rings is 2. The van der Waals surface area contributed by atoms with Crippen LogP contribution in [0.2, 0.25) is 0 Å². The van der Waals surface area contributed by atoms with Crippen molar-refractivity contribution < 1.29 is 10.2 Å². The third-order valence-corrected chi connectivity index (χ3v) is 4.62. The minimum atomic E-state index is 0.230. The van der Waals surface area contributed by atoms with Gasteiger partial charge in [-0.2, -0.15) is 0 Å². The Kier molecular flexibility index (Phi) is 2.32. The molecule has 1 aliphatic rings. The Morgan fingerprint density at radius 2 is 1.75 bits per heavy atom. The summed E-state index contributed by atoms with van der Waals surface area (Å²) in [4.78, 5) is 4.71. The van der Waals surface area contributed by atoms with Crippen molar-refractivity contribution in [2.24, 2.45) is 0 Å². The topological polar surface area (TPSA) is 53.4 Å². The highest BCUT2D eigenvalue weighted by molar-refractivity contribution is 9.10. The van der Waals surface area contributed by atoms with Crippen molar-refractivity contribution in [2.45, 2.75) is 6.42 Å². The first kappa shape index (κ1) is 11.7. The Morgan fingerprint density at radius 3 is 2.60 bits per heavy atom. The number of fused-ring (bicyclic) bond motifs is 4. The van der Waals surface area contributed by atoms with E-state index in [9.17, 15) is 10.2 Å². The summed E-state index contributed by atoms with van der Waals surface area (Å²) in [7, 11) is 0. The first-order chi connectivity index (χ1) is 9.63. The van der Waals surface area contributed by atoms with Crippen molar-refractivity contribution in [3.8, 4) is 22.8 Å². The highest BCUT2D eigenvalue weighted by Crippen LogP contribution is 2.43. The number of rotatable bonds is 0. The second-order valence-corrected chi connectivity index (χ2v) is 5.77. The van der Waals surface area contributed by atoms with Gasteiger partial charge in [0.15, 0.2) is 0 Å². The lowest BCUT2D eigenvalue weighted by Crippen LogP contribution is -1.90. The fourth-order valence-electron chi connectivity index (χ4n) is 2.78. The van der Waals surface area contributed by atoms with E-state index in [1.807, 2.05) is 12.1 Å². The van der Waals surface area contributed by atoms with Crippen LogP contribution in [0.25, 0.3) is 22.2 Å². The van der Waals surface area contributed by atoms with Gasteiger partial charge in [0.25, 0.3) is 0 Å². The largest absolute Gasteiger partial charge is 0.508 e. The van der Waals surface area contributed by atoms with Crippen LogP contribution < -0.4 is 0 Å². The van der Waals surface area contributed by atoms with E-state index in [4.69, 9.17) is 4.98 Å². The van der Waals surface area contributed by atoms with E-state index in [1.165, 1.54) is 0 Å². The summed E-state index contributed by atoms with van der Waals surface area (Å²) in [6.07, 6.45) is 0.734. The summed E-state index contributed by atoms with van der Waals surface area (Å²) in [5, 5.41) is 20.1. The summed E-state index contributed by atoms with van der Waals surface area (Å²) in [6.45, 7) is 0. The van der Waals surface area contributed by atoms with Gasteiger partial charge >= 0.3 is 0 Å². The maximum Gasteiger partial charge on any atom is 0.116 e. The van der Waals surface area contributed by atoms with E-state index in [0.29, 0.717) is 0 Å². The van der Waals surface area contributed by atoms with Crippen LogP contribution in [0, 0.1) is 0 Å². The highest BCUT2D eigenvalue weighted by atomic mass is 79.9. The Labute approximate surface area is 123 Å². The molecule has 0 atom stereocenters. The Bertz CT molecular complexity index is 874. The molecule has 0 fully saturated rings. The van der Waals surface area contributed by atoms with Crippen LogP contribution in [0.3, 0.4) is 0 Å². The van der Waals surface area contributed by atoms with Crippen LogP contribution in [0.1, 0.15) is 11.1 Å². The molecule has 0 saturated heterocycles. The third-order valence-electron chi connectivity index (χ3n) is 3.71. The normalized spacial score (nSPS) is 12.4. The predicted molar refractivity (Wildman–Crippen MR) is 81.0 cm³/mol. The van der Waals surface area contributed by atoms with Gasteiger partial charge in [-0.3, -0.25) is 0 Å². The molecular weight excluding hydrogens is 318 g/mol. The van der Waals surface area contributed by atoms with Crippen LogP contribution in [0.4, 0.5) is 0 Å². The first-order valence-electron chi connectivity index (χ1n) is 6.27. The molecule has 4 rings (SSSR count). The molecule has 1 heterocycles. The molecule has 0 radical (unpaired) electrons. The highest BCUT2D eigenvalue weighted by Gasteiger charge is 2.24. The van der Waals surface area contributed by atoms with Gasteiger partial charge in [-0.05, 0) is 63.5 Å². The molecule has 98 valence electrons. The Morgan fingerprint density at radius 1 is 1.00 bits per heavy atom. The van der Waals surface area contributed by atoms with Gasteiger partial charge in [0.05, 0.1) is 11.2 Å². The van der Waals surface area contributed by atoms with Gasteiger partial charge < -0.3 is 10.2 Å². The molecule has 0 saturated carbocycles. The molecule has 20 heavy (non-hydrogen) atoms. The minimum absolute atomic E-state index is 0.230. The number of nitrogens with zero attached hydrogens (tertiary/aromatic N) is 1. The van der Waals surface area contributed by atoms with E-state index in [0.717, 1.165) is 44.2 Å². The van der Waals surface area contributed by atoms with Gasteiger partial charge in [-0.1, -0.05) is 0 Å². The minimum Gasteiger partial charge on any atom is -0.508 e. The lowest BCUT2D eigenvalue weighted by atomic mass is 10.1. The number of aromatic nitrogens is 1. The average molecular weight is 328 g/mol.